The van der Waals surface area contributed by atoms with Crippen molar-refractivity contribution in [1.29, 1.82) is 0 Å². The molecule has 4 heterocycles. The maximum atomic E-state index is 13.5. The lowest BCUT2D eigenvalue weighted by Gasteiger charge is -2.38. The zero-order chi connectivity index (χ0) is 23.0. The fourth-order valence-corrected chi connectivity index (χ4v) is 4.11. The van der Waals surface area contributed by atoms with Crippen LogP contribution in [0.1, 0.15) is 36.4 Å². The lowest BCUT2D eigenvalue weighted by atomic mass is 9.98. The summed E-state index contributed by atoms with van der Waals surface area (Å²) in [6, 6.07) is 3.22. The van der Waals surface area contributed by atoms with Gasteiger partial charge in [0.05, 0.1) is 36.0 Å². The Morgan fingerprint density at radius 1 is 1.22 bits per heavy atom. The Morgan fingerprint density at radius 3 is 2.75 bits per heavy atom. The van der Waals surface area contributed by atoms with Crippen molar-refractivity contribution in [3.63, 3.8) is 0 Å². The van der Waals surface area contributed by atoms with Gasteiger partial charge in [-0.25, -0.2) is 9.37 Å². The van der Waals surface area contributed by atoms with E-state index in [1.54, 1.807) is 10.9 Å². The molecular weight excluding hydrogens is 409 g/mol. The summed E-state index contributed by atoms with van der Waals surface area (Å²) >= 11 is 0. The molecule has 3 aromatic rings. The van der Waals surface area contributed by atoms with Crippen LogP contribution in [0.4, 0.5) is 21.6 Å². The fraction of sp³-hybridized carbons (Fsp3) is 0.391. The van der Waals surface area contributed by atoms with Gasteiger partial charge in [0.25, 0.3) is 0 Å². The van der Waals surface area contributed by atoms with Crippen molar-refractivity contribution < 1.29 is 9.18 Å². The van der Waals surface area contributed by atoms with Gasteiger partial charge in [0, 0.05) is 37.1 Å². The summed E-state index contributed by atoms with van der Waals surface area (Å²) in [4.78, 5) is 23.2. The summed E-state index contributed by atoms with van der Waals surface area (Å²) in [7, 11) is 1.94. The number of fused-ring (bicyclic) bond motifs is 1. The predicted molar refractivity (Wildman–Crippen MR) is 122 cm³/mol. The van der Waals surface area contributed by atoms with Crippen molar-refractivity contribution >= 4 is 23.1 Å². The first-order valence-corrected chi connectivity index (χ1v) is 10.6. The van der Waals surface area contributed by atoms with Gasteiger partial charge < -0.3 is 15.5 Å². The predicted octanol–water partition coefficient (Wildman–Crippen LogP) is 3.50. The molecule has 9 heteroatoms. The molecule has 0 aromatic carbocycles. The van der Waals surface area contributed by atoms with E-state index in [9.17, 15) is 9.18 Å². The van der Waals surface area contributed by atoms with E-state index in [0.29, 0.717) is 13.1 Å². The van der Waals surface area contributed by atoms with Gasteiger partial charge in [0.2, 0.25) is 5.91 Å². The number of amides is 1. The Labute approximate surface area is 186 Å². The molecule has 0 radical (unpaired) electrons. The summed E-state index contributed by atoms with van der Waals surface area (Å²) in [6.07, 6.45) is 4.92. The van der Waals surface area contributed by atoms with E-state index in [1.165, 1.54) is 12.3 Å². The average Bonchev–Trinajstić information content (AvgIpc) is 3.17. The number of hydrogen-bond acceptors (Lipinski definition) is 6. The van der Waals surface area contributed by atoms with Crippen molar-refractivity contribution in [2.75, 3.05) is 22.6 Å². The van der Waals surface area contributed by atoms with Crippen LogP contribution >= 0.6 is 0 Å². The number of aromatic nitrogens is 4. The molecule has 32 heavy (non-hydrogen) atoms. The highest BCUT2D eigenvalue weighted by molar-refractivity contribution is 6.04. The molecule has 4 rings (SSSR count). The topological polar surface area (TPSA) is 88.0 Å². The first-order chi connectivity index (χ1) is 15.2. The number of hydrogen-bond donors (Lipinski definition) is 2. The van der Waals surface area contributed by atoms with Gasteiger partial charge in [-0.05, 0) is 31.4 Å². The van der Waals surface area contributed by atoms with Crippen molar-refractivity contribution in [3.05, 3.63) is 59.1 Å². The minimum atomic E-state index is -0.352. The number of likely N-dealkylation sites (N-methyl/N-ethyl adjacent to an activating group) is 1. The maximum Gasteiger partial charge on any atom is 0.247 e. The Bertz CT molecular complexity index is 1160. The van der Waals surface area contributed by atoms with Gasteiger partial charge in [0.1, 0.15) is 17.7 Å². The van der Waals surface area contributed by atoms with E-state index in [-0.39, 0.29) is 23.7 Å². The molecule has 0 saturated carbocycles. The van der Waals surface area contributed by atoms with E-state index in [4.69, 9.17) is 0 Å². The monoisotopic (exact) mass is 437 g/mol. The Balaban J connectivity index is 1.48. The van der Waals surface area contributed by atoms with E-state index in [1.807, 2.05) is 51.9 Å². The molecule has 2 N–H and O–H groups in total. The van der Waals surface area contributed by atoms with E-state index >= 15 is 0 Å². The molecule has 168 valence electrons. The minimum Gasteiger partial charge on any atom is -0.366 e. The number of nitrogens with zero attached hydrogens (tertiary/aromatic N) is 5. The SMILES string of the molecule is Cc1ncc(F)cc1Cn1cc(CNc2cc3c(c(C)n2)NC(=O)C(C(C)C)N3C)cn1. The van der Waals surface area contributed by atoms with Gasteiger partial charge >= 0.3 is 0 Å². The van der Waals surface area contributed by atoms with Crippen LogP contribution < -0.4 is 15.5 Å². The summed E-state index contributed by atoms with van der Waals surface area (Å²) < 4.78 is 15.3. The molecule has 0 spiro atoms. The largest absolute Gasteiger partial charge is 0.366 e. The second kappa shape index (κ2) is 8.57. The van der Waals surface area contributed by atoms with E-state index in [2.05, 4.69) is 25.7 Å². The van der Waals surface area contributed by atoms with Gasteiger partial charge in [-0.15, -0.1) is 0 Å². The minimum absolute atomic E-state index is 0.00300. The third-order valence-electron chi connectivity index (χ3n) is 5.78. The number of aryl methyl sites for hydroxylation is 2. The summed E-state index contributed by atoms with van der Waals surface area (Å²) in [5, 5.41) is 10.7. The van der Waals surface area contributed by atoms with Crippen LogP contribution in [0.15, 0.2) is 30.7 Å². The zero-order valence-electron chi connectivity index (χ0n) is 19.0. The van der Waals surface area contributed by atoms with E-state index in [0.717, 1.165) is 39.7 Å². The van der Waals surface area contributed by atoms with Crippen LogP contribution in [0.3, 0.4) is 0 Å². The maximum absolute atomic E-state index is 13.5. The Hall–Kier alpha value is -3.49. The zero-order valence-corrected chi connectivity index (χ0v) is 19.0. The van der Waals surface area contributed by atoms with Gasteiger partial charge in [-0.1, -0.05) is 13.8 Å². The van der Waals surface area contributed by atoms with Crippen LogP contribution in [-0.4, -0.2) is 38.7 Å². The smallest absolute Gasteiger partial charge is 0.247 e. The molecule has 8 nitrogen and oxygen atoms in total. The van der Waals surface area contributed by atoms with E-state index < -0.39 is 0 Å². The lowest BCUT2D eigenvalue weighted by Crippen LogP contribution is -2.49. The fourth-order valence-electron chi connectivity index (χ4n) is 4.11. The van der Waals surface area contributed by atoms with Crippen molar-refractivity contribution in [2.24, 2.45) is 5.92 Å². The summed E-state index contributed by atoms with van der Waals surface area (Å²) in [5.41, 5.74) is 5.02. The Kier molecular flexibility index (Phi) is 5.82. The van der Waals surface area contributed by atoms with Crippen LogP contribution in [0, 0.1) is 25.6 Å². The van der Waals surface area contributed by atoms with Gasteiger partial charge in [0.15, 0.2) is 0 Å². The number of nitrogens with one attached hydrogen (secondary N) is 2. The normalized spacial score (nSPS) is 15.7. The second-order valence-corrected chi connectivity index (χ2v) is 8.57. The highest BCUT2D eigenvalue weighted by Gasteiger charge is 2.34. The molecule has 0 aliphatic carbocycles. The quantitative estimate of drug-likeness (QED) is 0.614. The first-order valence-electron chi connectivity index (χ1n) is 10.6. The molecule has 0 saturated heterocycles. The van der Waals surface area contributed by atoms with Crippen molar-refractivity contribution in [3.8, 4) is 0 Å². The van der Waals surface area contributed by atoms with Crippen LogP contribution in [0.5, 0.6) is 0 Å². The van der Waals surface area contributed by atoms with Crippen LogP contribution in [0.2, 0.25) is 0 Å². The molecular formula is C23H28FN7O. The molecule has 1 aliphatic heterocycles. The standard InChI is InChI=1S/C23H28FN7O/c1-13(2)22-23(32)29-21-15(4)28-20(7-19(21)30(22)5)26-8-16-9-27-31(11-16)12-17-6-18(24)10-25-14(17)3/h6-7,9-11,13,22H,8,12H2,1-5H3,(H,26,28)(H,29,32). The number of carbonyl (C=O) groups excluding carboxylic acids is 1. The highest BCUT2D eigenvalue weighted by atomic mass is 19.1. The summed E-state index contributed by atoms with van der Waals surface area (Å²) in [5.74, 6) is 0.552. The highest BCUT2D eigenvalue weighted by Crippen LogP contribution is 2.36. The van der Waals surface area contributed by atoms with Crippen LogP contribution in [0.25, 0.3) is 0 Å². The molecule has 1 amide bonds. The third kappa shape index (κ3) is 4.28. The van der Waals surface area contributed by atoms with Crippen LogP contribution in [-0.2, 0) is 17.9 Å². The Morgan fingerprint density at radius 2 is 2.00 bits per heavy atom. The second-order valence-electron chi connectivity index (χ2n) is 8.57. The molecule has 0 fully saturated rings. The molecule has 1 atom stereocenters. The summed E-state index contributed by atoms with van der Waals surface area (Å²) in [6.45, 7) is 8.81. The van der Waals surface area contributed by atoms with Crippen molar-refractivity contribution in [2.45, 2.75) is 46.8 Å². The number of pyridine rings is 2. The van der Waals surface area contributed by atoms with Gasteiger partial charge in [-0.3, -0.25) is 14.5 Å². The molecule has 1 unspecified atom stereocenters. The molecule has 1 aliphatic rings. The van der Waals surface area contributed by atoms with Crippen molar-refractivity contribution in [1.82, 2.24) is 19.7 Å². The number of anilines is 3. The molecule has 0 bridgehead atoms. The number of carbonyl (C=O) groups is 1. The third-order valence-corrected chi connectivity index (χ3v) is 5.78. The lowest BCUT2D eigenvalue weighted by molar-refractivity contribution is -0.118. The average molecular weight is 438 g/mol. The first kappa shape index (κ1) is 21.7. The molecule has 3 aromatic heterocycles. The number of halogens is 1. The van der Waals surface area contributed by atoms with Gasteiger partial charge in [-0.2, -0.15) is 5.10 Å². The number of rotatable bonds is 6.